The molecule has 1 aromatic rings. The van der Waals surface area contributed by atoms with Crippen LogP contribution in [0.5, 0.6) is 0 Å². The Morgan fingerprint density at radius 1 is 1.31 bits per heavy atom. The lowest BCUT2D eigenvalue weighted by Crippen LogP contribution is -2.45. The number of hydroxylamine groups is 1. The van der Waals surface area contributed by atoms with Gasteiger partial charge >= 0.3 is 0 Å². The van der Waals surface area contributed by atoms with Gasteiger partial charge in [-0.15, -0.1) is 12.4 Å². The monoisotopic (exact) mass is 264 g/mol. The Labute approximate surface area is 105 Å². The molecule has 3 N–H and O–H groups in total. The first-order valence-corrected chi connectivity index (χ1v) is 4.79. The highest BCUT2D eigenvalue weighted by molar-refractivity contribution is 6.30. The molecular weight excluding hydrogens is 251 g/mol. The number of nitrogens with one attached hydrogen (secondary N) is 1. The number of nitrogens with zero attached hydrogens (tertiary/aromatic N) is 1. The van der Waals surface area contributed by atoms with E-state index in [1.54, 1.807) is 38.1 Å². The predicted molar refractivity (Wildman–Crippen MR) is 66.0 cm³/mol. The van der Waals surface area contributed by atoms with Crippen LogP contribution in [0.25, 0.3) is 0 Å². The van der Waals surface area contributed by atoms with Gasteiger partial charge in [-0.25, -0.2) is 0 Å². The van der Waals surface area contributed by atoms with Crippen molar-refractivity contribution >= 4 is 29.7 Å². The number of halogens is 2. The van der Waals surface area contributed by atoms with Crippen molar-refractivity contribution < 1.29 is 10.4 Å². The van der Waals surface area contributed by atoms with Crippen molar-refractivity contribution in [2.45, 2.75) is 19.4 Å². The second-order valence-electron chi connectivity index (χ2n) is 3.69. The van der Waals surface area contributed by atoms with Crippen LogP contribution in [0.1, 0.15) is 19.4 Å². The highest BCUT2D eigenvalue weighted by atomic mass is 35.5. The summed E-state index contributed by atoms with van der Waals surface area (Å²) in [5, 5.41) is 21.6. The van der Waals surface area contributed by atoms with Gasteiger partial charge in [-0.2, -0.15) is 5.48 Å². The lowest BCUT2D eigenvalue weighted by atomic mass is 9.93. The van der Waals surface area contributed by atoms with Crippen molar-refractivity contribution in [1.82, 2.24) is 5.48 Å². The highest BCUT2D eigenvalue weighted by Gasteiger charge is 2.26. The fraction of sp³-hybridized carbons (Fsp3) is 0.300. The minimum absolute atomic E-state index is 0. The maximum Gasteiger partial charge on any atom is 0.108 e. The molecule has 0 saturated heterocycles. The van der Waals surface area contributed by atoms with Crippen molar-refractivity contribution in [3.05, 3.63) is 34.9 Å². The third-order valence-electron chi connectivity index (χ3n) is 2.09. The van der Waals surface area contributed by atoms with Crippen LogP contribution in [-0.2, 0) is 0 Å². The van der Waals surface area contributed by atoms with Crippen LogP contribution in [0.15, 0.2) is 29.4 Å². The Bertz CT molecular complexity index is 364. The zero-order chi connectivity index (χ0) is 11.5. The summed E-state index contributed by atoms with van der Waals surface area (Å²) in [5.74, 6) is 0. The van der Waals surface area contributed by atoms with Crippen molar-refractivity contribution in [2.75, 3.05) is 0 Å². The van der Waals surface area contributed by atoms with Gasteiger partial charge in [0.05, 0.1) is 5.54 Å². The first-order chi connectivity index (χ1) is 7.01. The Balaban J connectivity index is 0.00000225. The topological polar surface area (TPSA) is 64.8 Å². The third kappa shape index (κ3) is 3.35. The number of hydrogen-bond acceptors (Lipinski definition) is 4. The maximum absolute atomic E-state index is 8.94. The molecule has 6 heteroatoms. The second kappa shape index (κ2) is 6.06. The lowest BCUT2D eigenvalue weighted by molar-refractivity contribution is 0.113. The van der Waals surface area contributed by atoms with Gasteiger partial charge in [0.1, 0.15) is 5.71 Å². The Kier molecular flexibility index (Phi) is 5.75. The van der Waals surface area contributed by atoms with Crippen LogP contribution in [-0.4, -0.2) is 21.7 Å². The van der Waals surface area contributed by atoms with Gasteiger partial charge in [-0.3, -0.25) is 0 Å². The molecule has 0 aliphatic carbocycles. The van der Waals surface area contributed by atoms with E-state index in [1.165, 1.54) is 0 Å². The average molecular weight is 265 g/mol. The Morgan fingerprint density at radius 3 is 2.19 bits per heavy atom. The summed E-state index contributed by atoms with van der Waals surface area (Å²) in [6.45, 7) is 3.38. The molecule has 16 heavy (non-hydrogen) atoms. The summed E-state index contributed by atoms with van der Waals surface area (Å²) in [6.07, 6.45) is 0. The second-order valence-corrected chi connectivity index (χ2v) is 4.13. The van der Waals surface area contributed by atoms with Crippen LogP contribution in [0.3, 0.4) is 0 Å². The first kappa shape index (κ1) is 15.2. The fourth-order valence-corrected chi connectivity index (χ4v) is 1.33. The van der Waals surface area contributed by atoms with E-state index >= 15 is 0 Å². The molecule has 90 valence electrons. The average Bonchev–Trinajstić information content (AvgIpc) is 2.22. The zero-order valence-electron chi connectivity index (χ0n) is 8.94. The number of oxime groups is 1. The standard InChI is InChI=1S/C10H13ClN2O2.ClH/c1-10(2,13-15)9(12-14)7-3-5-8(11)6-4-7;/h3-6,13-15H,1-2H3;1H. The SMILES string of the molecule is CC(C)(NO)C(=NO)c1ccc(Cl)cc1.Cl. The van der Waals surface area contributed by atoms with Crippen molar-refractivity contribution in [1.29, 1.82) is 0 Å². The van der Waals surface area contributed by atoms with Gasteiger partial charge in [0.25, 0.3) is 0 Å². The molecule has 0 amide bonds. The molecule has 0 aromatic heterocycles. The summed E-state index contributed by atoms with van der Waals surface area (Å²) in [5.41, 5.74) is 2.27. The summed E-state index contributed by atoms with van der Waals surface area (Å²) in [4.78, 5) is 0. The van der Waals surface area contributed by atoms with E-state index in [4.69, 9.17) is 22.0 Å². The van der Waals surface area contributed by atoms with Gasteiger partial charge in [-0.05, 0) is 26.0 Å². The molecule has 0 radical (unpaired) electrons. The summed E-state index contributed by atoms with van der Waals surface area (Å²) >= 11 is 5.74. The van der Waals surface area contributed by atoms with E-state index in [2.05, 4.69) is 10.6 Å². The van der Waals surface area contributed by atoms with Gasteiger partial charge in [0, 0.05) is 10.6 Å². The summed E-state index contributed by atoms with van der Waals surface area (Å²) < 4.78 is 0. The molecule has 0 bridgehead atoms. The van der Waals surface area contributed by atoms with E-state index in [0.717, 1.165) is 0 Å². The van der Waals surface area contributed by atoms with Gasteiger partial charge in [0.15, 0.2) is 0 Å². The molecule has 0 heterocycles. The van der Waals surface area contributed by atoms with Crippen molar-refractivity contribution in [2.24, 2.45) is 5.16 Å². The van der Waals surface area contributed by atoms with Crippen molar-refractivity contribution in [3.63, 3.8) is 0 Å². The largest absolute Gasteiger partial charge is 0.411 e. The molecule has 0 aliphatic rings. The van der Waals surface area contributed by atoms with Crippen LogP contribution in [0.2, 0.25) is 5.02 Å². The smallest absolute Gasteiger partial charge is 0.108 e. The van der Waals surface area contributed by atoms with E-state index in [0.29, 0.717) is 16.3 Å². The van der Waals surface area contributed by atoms with Crippen LogP contribution >= 0.6 is 24.0 Å². The molecule has 0 spiro atoms. The Hall–Kier alpha value is -0.810. The quantitative estimate of drug-likeness (QED) is 0.447. The van der Waals surface area contributed by atoms with E-state index in [1.807, 2.05) is 0 Å². The molecule has 0 aliphatic heterocycles. The maximum atomic E-state index is 8.94. The van der Waals surface area contributed by atoms with Crippen LogP contribution < -0.4 is 5.48 Å². The van der Waals surface area contributed by atoms with E-state index in [-0.39, 0.29) is 12.4 Å². The molecule has 1 aromatic carbocycles. The minimum Gasteiger partial charge on any atom is -0.411 e. The van der Waals surface area contributed by atoms with Crippen LogP contribution in [0.4, 0.5) is 0 Å². The van der Waals surface area contributed by atoms with Crippen LogP contribution in [0, 0.1) is 0 Å². The van der Waals surface area contributed by atoms with Gasteiger partial charge in [-0.1, -0.05) is 28.9 Å². The predicted octanol–water partition coefficient (Wildman–Crippen LogP) is 2.70. The summed E-state index contributed by atoms with van der Waals surface area (Å²) in [7, 11) is 0. The number of hydrogen-bond donors (Lipinski definition) is 3. The van der Waals surface area contributed by atoms with E-state index < -0.39 is 5.54 Å². The summed E-state index contributed by atoms with van der Waals surface area (Å²) in [6, 6.07) is 6.82. The number of rotatable bonds is 3. The molecule has 0 atom stereocenters. The van der Waals surface area contributed by atoms with E-state index in [9.17, 15) is 0 Å². The lowest BCUT2D eigenvalue weighted by Gasteiger charge is -2.23. The fourth-order valence-electron chi connectivity index (χ4n) is 1.20. The molecule has 0 saturated carbocycles. The first-order valence-electron chi connectivity index (χ1n) is 4.41. The molecule has 1 rings (SSSR count). The van der Waals surface area contributed by atoms with Crippen molar-refractivity contribution in [3.8, 4) is 0 Å². The molecular formula is C10H14Cl2N2O2. The zero-order valence-corrected chi connectivity index (χ0v) is 10.5. The highest BCUT2D eigenvalue weighted by Crippen LogP contribution is 2.16. The third-order valence-corrected chi connectivity index (χ3v) is 2.34. The van der Waals surface area contributed by atoms with Gasteiger partial charge in [0.2, 0.25) is 0 Å². The minimum atomic E-state index is -0.831. The normalized spacial score (nSPS) is 12.1. The molecule has 0 fully saturated rings. The molecule has 4 nitrogen and oxygen atoms in total. The van der Waals surface area contributed by atoms with Gasteiger partial charge < -0.3 is 10.4 Å². The number of benzene rings is 1. The molecule has 0 unspecified atom stereocenters. The Morgan fingerprint density at radius 2 is 1.81 bits per heavy atom.